The second-order valence-corrected chi connectivity index (χ2v) is 25.2. The van der Waals surface area contributed by atoms with Gasteiger partial charge in [0.05, 0.1) is 44.1 Å². The molecule has 94 heavy (non-hydrogen) atoms. The molecule has 0 aliphatic rings. The predicted molar refractivity (Wildman–Crippen MR) is 398 cm³/mol. The van der Waals surface area contributed by atoms with Crippen molar-refractivity contribution in [3.8, 4) is 67.3 Å². The average molecular weight is 1190 g/mol. The molecule has 0 saturated carbocycles. The molecule has 0 atom stereocenters. The van der Waals surface area contributed by atoms with Crippen LogP contribution in [0.15, 0.2) is 340 Å². The summed E-state index contributed by atoms with van der Waals surface area (Å²) in [5.74, 6) is 0. The Hall–Kier alpha value is -12.5. The Labute approximate surface area is 541 Å². The van der Waals surface area contributed by atoms with Gasteiger partial charge in [0.2, 0.25) is 0 Å². The maximum Gasteiger partial charge on any atom is 0.0625 e. The maximum absolute atomic E-state index is 2.50. The number of hydrogen-bond acceptors (Lipinski definition) is 0. The van der Waals surface area contributed by atoms with E-state index in [2.05, 4.69) is 358 Å². The van der Waals surface area contributed by atoms with Crippen LogP contribution in [-0.2, 0) is 0 Å². The second kappa shape index (κ2) is 20.5. The van der Waals surface area contributed by atoms with Crippen LogP contribution < -0.4 is 0 Å². The molecule has 0 unspecified atom stereocenters. The van der Waals surface area contributed by atoms with E-state index in [4.69, 9.17) is 0 Å². The van der Waals surface area contributed by atoms with Crippen LogP contribution in [0.25, 0.3) is 187 Å². The van der Waals surface area contributed by atoms with Gasteiger partial charge >= 0.3 is 0 Å². The van der Waals surface area contributed by atoms with Gasteiger partial charge in [-0.2, -0.15) is 0 Å². The summed E-state index contributed by atoms with van der Waals surface area (Å²) < 4.78 is 9.86. The van der Waals surface area contributed by atoms with Crippen molar-refractivity contribution in [3.05, 3.63) is 340 Å². The fraction of sp³-hybridized carbons (Fsp3) is 0. The minimum absolute atomic E-state index is 1.12. The third-order valence-corrected chi connectivity index (χ3v) is 20.1. The second-order valence-electron chi connectivity index (χ2n) is 25.2. The van der Waals surface area contributed by atoms with Gasteiger partial charge in [0.25, 0.3) is 0 Å². The fourth-order valence-electron chi connectivity index (χ4n) is 15.9. The van der Waals surface area contributed by atoms with Gasteiger partial charge in [-0.05, 0) is 175 Å². The van der Waals surface area contributed by atoms with Crippen molar-refractivity contribution in [2.75, 3.05) is 0 Å². The SMILES string of the molecule is c1ccc(-n2c3ccccc3c3ccc(-c4c5ccccc5cc5c6ccccc6n(-c6ccc(-c7ccc(-c8ccc9c(c8)c8cc%10ccccc%10c(-c%10ccc%11c(c%10)c%10ccccc%10n%11-c%10ccc%11ccccc%11c%10)c8n9-c8ccccc8)cc7)cc6)c45)cc32)cc1. The first kappa shape index (κ1) is 52.3. The highest BCUT2D eigenvalue weighted by Gasteiger charge is 2.25. The molecule has 4 aromatic heterocycles. The van der Waals surface area contributed by atoms with Crippen LogP contribution in [0.4, 0.5) is 0 Å². The summed E-state index contributed by atoms with van der Waals surface area (Å²) in [5.41, 5.74) is 23.6. The lowest BCUT2D eigenvalue weighted by molar-refractivity contribution is 1.18. The predicted octanol–water partition coefficient (Wildman–Crippen LogP) is 24.2. The molecule has 4 heterocycles. The van der Waals surface area contributed by atoms with Crippen LogP contribution in [0.3, 0.4) is 0 Å². The fourth-order valence-corrected chi connectivity index (χ4v) is 15.9. The van der Waals surface area contributed by atoms with Crippen molar-refractivity contribution in [1.29, 1.82) is 0 Å². The zero-order chi connectivity index (χ0) is 61.5. The Morgan fingerprint density at radius 2 is 0.500 bits per heavy atom. The zero-order valence-electron chi connectivity index (χ0n) is 51.1. The number of aromatic nitrogens is 4. The van der Waals surface area contributed by atoms with E-state index in [1.165, 1.54) is 158 Å². The van der Waals surface area contributed by atoms with Gasteiger partial charge in [0, 0.05) is 77.0 Å². The van der Waals surface area contributed by atoms with E-state index in [1.807, 2.05) is 0 Å². The van der Waals surface area contributed by atoms with E-state index in [9.17, 15) is 0 Å². The van der Waals surface area contributed by atoms with Crippen molar-refractivity contribution in [2.24, 2.45) is 0 Å². The minimum Gasteiger partial charge on any atom is -0.309 e. The van der Waals surface area contributed by atoms with E-state index in [1.54, 1.807) is 0 Å². The molecule has 436 valence electrons. The Balaban J connectivity index is 0.702. The Bertz CT molecular complexity index is 6500. The number of nitrogens with zero attached hydrogens (tertiary/aromatic N) is 4. The quantitative estimate of drug-likeness (QED) is 0.144. The number of fused-ring (bicyclic) bond motifs is 15. The summed E-state index contributed by atoms with van der Waals surface area (Å²) in [6.45, 7) is 0. The topological polar surface area (TPSA) is 19.7 Å². The first-order valence-electron chi connectivity index (χ1n) is 32.5. The van der Waals surface area contributed by atoms with Gasteiger partial charge in [-0.3, -0.25) is 0 Å². The smallest absolute Gasteiger partial charge is 0.0625 e. The summed E-state index contributed by atoms with van der Waals surface area (Å²) in [6.07, 6.45) is 0. The van der Waals surface area contributed by atoms with Gasteiger partial charge in [0.1, 0.15) is 0 Å². The summed E-state index contributed by atoms with van der Waals surface area (Å²) in [7, 11) is 0. The molecular weight excluding hydrogens is 1140 g/mol. The summed E-state index contributed by atoms with van der Waals surface area (Å²) in [4.78, 5) is 0. The van der Waals surface area contributed by atoms with Crippen LogP contribution in [0.5, 0.6) is 0 Å². The van der Waals surface area contributed by atoms with Crippen LogP contribution in [0.1, 0.15) is 0 Å². The van der Waals surface area contributed by atoms with Crippen molar-refractivity contribution >= 4 is 120 Å². The molecule has 0 radical (unpaired) electrons. The number of hydrogen-bond donors (Lipinski definition) is 0. The molecule has 0 amide bonds. The van der Waals surface area contributed by atoms with Gasteiger partial charge in [-0.1, -0.05) is 231 Å². The molecule has 0 aliphatic carbocycles. The van der Waals surface area contributed by atoms with E-state index >= 15 is 0 Å². The lowest BCUT2D eigenvalue weighted by Gasteiger charge is -2.16. The molecule has 0 bridgehead atoms. The third kappa shape index (κ3) is 7.87. The van der Waals surface area contributed by atoms with Gasteiger partial charge in [-0.25, -0.2) is 0 Å². The van der Waals surface area contributed by atoms with Crippen LogP contribution in [0.2, 0.25) is 0 Å². The van der Waals surface area contributed by atoms with Crippen molar-refractivity contribution in [1.82, 2.24) is 18.3 Å². The molecular formula is C90H56N4. The summed E-state index contributed by atoms with van der Waals surface area (Å²) >= 11 is 0. The van der Waals surface area contributed by atoms with Gasteiger partial charge < -0.3 is 18.3 Å². The first-order chi connectivity index (χ1) is 46.6. The first-order valence-corrected chi connectivity index (χ1v) is 32.5. The minimum atomic E-state index is 1.12. The molecule has 0 N–H and O–H groups in total. The number of rotatable bonds is 8. The highest BCUT2D eigenvalue weighted by molar-refractivity contribution is 6.24. The average Bonchev–Trinajstić information content (AvgIpc) is 1.55. The number of benzene rings is 16. The molecule has 20 aromatic rings. The van der Waals surface area contributed by atoms with Crippen LogP contribution in [-0.4, -0.2) is 18.3 Å². The molecule has 16 aromatic carbocycles. The lowest BCUT2D eigenvalue weighted by Crippen LogP contribution is -1.97. The normalized spacial score (nSPS) is 12.0. The highest BCUT2D eigenvalue weighted by atomic mass is 15.0. The van der Waals surface area contributed by atoms with Gasteiger partial charge in [0.15, 0.2) is 0 Å². The maximum atomic E-state index is 2.50. The molecule has 0 aliphatic heterocycles. The molecule has 4 nitrogen and oxygen atoms in total. The monoisotopic (exact) mass is 1190 g/mol. The molecule has 0 fully saturated rings. The molecule has 20 rings (SSSR count). The summed E-state index contributed by atoms with van der Waals surface area (Å²) in [5, 5.41) is 17.2. The molecule has 0 saturated heterocycles. The van der Waals surface area contributed by atoms with E-state index in [-0.39, 0.29) is 0 Å². The van der Waals surface area contributed by atoms with Crippen molar-refractivity contribution < 1.29 is 0 Å². The van der Waals surface area contributed by atoms with Crippen LogP contribution >= 0.6 is 0 Å². The zero-order valence-corrected chi connectivity index (χ0v) is 51.1. The van der Waals surface area contributed by atoms with Crippen LogP contribution in [0, 0.1) is 0 Å². The third-order valence-electron chi connectivity index (χ3n) is 20.1. The van der Waals surface area contributed by atoms with E-state index in [0.29, 0.717) is 0 Å². The largest absolute Gasteiger partial charge is 0.309 e. The Morgan fingerprint density at radius 3 is 1.12 bits per heavy atom. The highest BCUT2D eigenvalue weighted by Crippen LogP contribution is 2.48. The number of para-hydroxylation sites is 5. The molecule has 0 spiro atoms. The Morgan fingerprint density at radius 1 is 0.149 bits per heavy atom. The Kier molecular flexibility index (Phi) is 11.4. The lowest BCUT2D eigenvalue weighted by atomic mass is 9.93. The van der Waals surface area contributed by atoms with E-state index in [0.717, 1.165) is 28.3 Å². The van der Waals surface area contributed by atoms with E-state index < -0.39 is 0 Å². The van der Waals surface area contributed by atoms with Gasteiger partial charge in [-0.15, -0.1) is 0 Å². The summed E-state index contributed by atoms with van der Waals surface area (Å²) in [6, 6.07) is 126. The van der Waals surface area contributed by atoms with Crippen molar-refractivity contribution in [3.63, 3.8) is 0 Å². The molecule has 4 heteroatoms. The standard InChI is InChI=1S/C90H56N4/c1-3-23-67(24-4-1)91-81-32-16-13-29-73(81)76-48-42-66(56-86(76)91)88-72-28-12-9-21-63(72)53-79-75-31-15-18-34-83(75)94(89(79)88)69-45-39-59(40-46-69)58-35-37-60(38-36-58)62-43-49-85-78(52-62)80-54-64-22-10-11-27-71(64)87(90(80)93(85)68-25-5-2-6-26-68)65-44-50-84-77(55-65)74-30-14-17-33-82(74)92(84)70-47-41-57-19-7-8-20-61(57)51-70/h1-56H. The van der Waals surface area contributed by atoms with Crippen molar-refractivity contribution in [2.45, 2.75) is 0 Å².